The minimum Gasteiger partial charge on any atom is -0.478 e. The largest absolute Gasteiger partial charge is 0.478 e. The van der Waals surface area contributed by atoms with E-state index in [4.69, 9.17) is 21.8 Å². The van der Waals surface area contributed by atoms with Gasteiger partial charge in [-0.1, -0.05) is 11.6 Å². The van der Waals surface area contributed by atoms with E-state index in [2.05, 4.69) is 21.2 Å². The van der Waals surface area contributed by atoms with Gasteiger partial charge in [-0.25, -0.2) is 9.59 Å². The molecule has 0 radical (unpaired) electrons. The standard InChI is InChI=1S/C15H20BrClN2O.C4H4O4/c1-2-19(12-3-4-13(16)14(17)10-12)15(20)9-11-5-7-18-8-6-11;5-3(6)1-2-4(7)8/h3-4,10-11,18H,2,5-9H2,1H3;1-2H,(H,5,6)(H,7,8)/b;2-1+. The zero-order chi connectivity index (χ0) is 21.1. The molecule has 2 rings (SSSR count). The van der Waals surface area contributed by atoms with Crippen LogP contribution >= 0.6 is 27.5 Å². The summed E-state index contributed by atoms with van der Waals surface area (Å²) >= 11 is 9.49. The SMILES string of the molecule is CCN(C(=O)CC1CCNCC1)c1ccc(Br)c(Cl)c1.O=C(O)/C=C/C(=O)O. The molecule has 0 aliphatic carbocycles. The number of anilines is 1. The number of piperidine rings is 1. The van der Waals surface area contributed by atoms with Gasteiger partial charge in [0.25, 0.3) is 0 Å². The fourth-order valence-electron chi connectivity index (χ4n) is 2.74. The number of carbonyl (C=O) groups excluding carboxylic acids is 1. The van der Waals surface area contributed by atoms with Gasteiger partial charge in [0.2, 0.25) is 5.91 Å². The lowest BCUT2D eigenvalue weighted by Crippen LogP contribution is -2.35. The number of rotatable bonds is 6. The second-order valence-electron chi connectivity index (χ2n) is 6.14. The summed E-state index contributed by atoms with van der Waals surface area (Å²) in [7, 11) is 0. The summed E-state index contributed by atoms with van der Waals surface area (Å²) in [6.07, 6.45) is 3.92. The van der Waals surface area contributed by atoms with Crippen molar-refractivity contribution in [3.63, 3.8) is 0 Å². The Balaban J connectivity index is 0.000000416. The lowest BCUT2D eigenvalue weighted by atomic mass is 9.94. The minimum atomic E-state index is -1.26. The summed E-state index contributed by atoms with van der Waals surface area (Å²) in [5.41, 5.74) is 0.875. The van der Waals surface area contributed by atoms with Crippen LogP contribution in [0.2, 0.25) is 5.02 Å². The van der Waals surface area contributed by atoms with E-state index >= 15 is 0 Å². The minimum absolute atomic E-state index is 0.192. The maximum Gasteiger partial charge on any atom is 0.328 e. The average Bonchev–Trinajstić information content (AvgIpc) is 2.65. The highest BCUT2D eigenvalue weighted by Gasteiger charge is 2.21. The summed E-state index contributed by atoms with van der Waals surface area (Å²) in [6, 6.07) is 5.66. The molecule has 0 unspecified atom stereocenters. The molecule has 1 fully saturated rings. The van der Waals surface area contributed by atoms with Crippen molar-refractivity contribution < 1.29 is 24.6 Å². The second-order valence-corrected chi connectivity index (χ2v) is 7.41. The van der Waals surface area contributed by atoms with Crippen molar-refractivity contribution in [2.24, 2.45) is 5.92 Å². The highest BCUT2D eigenvalue weighted by Crippen LogP contribution is 2.28. The number of nitrogens with one attached hydrogen (secondary N) is 1. The number of carbonyl (C=O) groups is 3. The summed E-state index contributed by atoms with van der Waals surface area (Å²) in [5, 5.41) is 19.6. The van der Waals surface area contributed by atoms with Gasteiger partial charge < -0.3 is 20.4 Å². The van der Waals surface area contributed by atoms with E-state index in [0.717, 1.165) is 36.1 Å². The first-order valence-electron chi connectivity index (χ1n) is 8.84. The number of hydrogen-bond donors (Lipinski definition) is 3. The second kappa shape index (κ2) is 12.5. The monoisotopic (exact) mass is 474 g/mol. The molecule has 1 amide bonds. The Morgan fingerprint density at radius 3 is 2.25 bits per heavy atom. The molecule has 3 N–H and O–H groups in total. The molecule has 7 nitrogen and oxygen atoms in total. The molecule has 0 spiro atoms. The maximum absolute atomic E-state index is 12.5. The van der Waals surface area contributed by atoms with Crippen LogP contribution in [0.1, 0.15) is 26.2 Å². The van der Waals surface area contributed by atoms with E-state index in [1.54, 1.807) is 0 Å². The highest BCUT2D eigenvalue weighted by molar-refractivity contribution is 9.10. The first-order valence-corrected chi connectivity index (χ1v) is 10.0. The predicted octanol–water partition coefficient (Wildman–Crippen LogP) is 3.56. The van der Waals surface area contributed by atoms with E-state index in [-0.39, 0.29) is 5.91 Å². The van der Waals surface area contributed by atoms with Gasteiger partial charge in [-0.15, -0.1) is 0 Å². The molecule has 1 saturated heterocycles. The number of nitrogens with zero attached hydrogens (tertiary/aromatic N) is 1. The maximum atomic E-state index is 12.5. The summed E-state index contributed by atoms with van der Waals surface area (Å²) in [4.78, 5) is 33.4. The van der Waals surface area contributed by atoms with Gasteiger partial charge in [0, 0.05) is 35.3 Å². The summed E-state index contributed by atoms with van der Waals surface area (Å²) in [6.45, 7) is 4.71. The van der Waals surface area contributed by atoms with E-state index < -0.39 is 11.9 Å². The Morgan fingerprint density at radius 1 is 1.21 bits per heavy atom. The number of benzene rings is 1. The first-order chi connectivity index (χ1) is 13.2. The molecule has 9 heteroatoms. The van der Waals surface area contributed by atoms with Gasteiger partial charge in [0.05, 0.1) is 5.02 Å². The Morgan fingerprint density at radius 2 is 1.79 bits per heavy atom. The molecule has 0 aromatic heterocycles. The quantitative estimate of drug-likeness (QED) is 0.543. The lowest BCUT2D eigenvalue weighted by molar-refractivity contribution is -0.134. The highest BCUT2D eigenvalue weighted by atomic mass is 79.9. The van der Waals surface area contributed by atoms with Crippen molar-refractivity contribution in [2.45, 2.75) is 26.2 Å². The zero-order valence-corrected chi connectivity index (χ0v) is 17.9. The van der Waals surface area contributed by atoms with E-state index in [1.165, 1.54) is 0 Å². The van der Waals surface area contributed by atoms with Crippen LogP contribution in [0.25, 0.3) is 0 Å². The zero-order valence-electron chi connectivity index (χ0n) is 15.5. The Hall–Kier alpha value is -1.90. The summed E-state index contributed by atoms with van der Waals surface area (Å²) < 4.78 is 0.852. The van der Waals surface area contributed by atoms with Crippen molar-refractivity contribution in [1.29, 1.82) is 0 Å². The first kappa shape index (κ1) is 24.1. The molecule has 1 aliphatic heterocycles. The molecule has 28 heavy (non-hydrogen) atoms. The van der Waals surface area contributed by atoms with Gasteiger partial charge in [-0.2, -0.15) is 0 Å². The van der Waals surface area contributed by atoms with Crippen molar-refractivity contribution in [3.8, 4) is 0 Å². The van der Waals surface area contributed by atoms with Crippen molar-refractivity contribution in [3.05, 3.63) is 39.8 Å². The van der Waals surface area contributed by atoms with Crippen LogP contribution < -0.4 is 10.2 Å². The molecule has 0 saturated carbocycles. The van der Waals surface area contributed by atoms with Crippen molar-refractivity contribution >= 4 is 51.1 Å². The van der Waals surface area contributed by atoms with Gasteiger partial charge in [0.1, 0.15) is 0 Å². The predicted molar refractivity (Wildman–Crippen MR) is 112 cm³/mol. The number of aliphatic carboxylic acids is 2. The normalized spacial score (nSPS) is 14.2. The third-order valence-corrected chi connectivity index (χ3v) is 5.36. The molecule has 1 heterocycles. The topological polar surface area (TPSA) is 107 Å². The van der Waals surface area contributed by atoms with Crippen LogP contribution in [0.3, 0.4) is 0 Å². The van der Waals surface area contributed by atoms with Crippen LogP contribution in [-0.4, -0.2) is 47.7 Å². The summed E-state index contributed by atoms with van der Waals surface area (Å²) in [5.74, 6) is -1.82. The van der Waals surface area contributed by atoms with Crippen LogP contribution in [0.5, 0.6) is 0 Å². The smallest absolute Gasteiger partial charge is 0.328 e. The molecule has 1 aromatic carbocycles. The Kier molecular flexibility index (Phi) is 10.8. The third-order valence-electron chi connectivity index (χ3n) is 4.12. The number of carboxylic acids is 2. The Bertz CT molecular complexity index is 704. The van der Waals surface area contributed by atoms with Crippen LogP contribution in [0.15, 0.2) is 34.8 Å². The van der Waals surface area contributed by atoms with Gasteiger partial charge in [-0.05, 0) is 72.9 Å². The van der Waals surface area contributed by atoms with E-state index in [0.29, 0.717) is 36.1 Å². The molecule has 0 atom stereocenters. The number of hydrogen-bond acceptors (Lipinski definition) is 4. The molecular weight excluding hydrogens is 452 g/mol. The van der Waals surface area contributed by atoms with E-state index in [1.807, 2.05) is 30.0 Å². The van der Waals surface area contributed by atoms with Gasteiger partial charge in [0.15, 0.2) is 0 Å². The Labute approximate surface area is 177 Å². The fourth-order valence-corrected chi connectivity index (χ4v) is 3.16. The molecule has 154 valence electrons. The molecule has 1 aliphatic rings. The number of amides is 1. The van der Waals surface area contributed by atoms with Crippen molar-refractivity contribution in [2.75, 3.05) is 24.5 Å². The van der Waals surface area contributed by atoms with Gasteiger partial charge in [-0.3, -0.25) is 4.79 Å². The average molecular weight is 476 g/mol. The third kappa shape index (κ3) is 8.86. The van der Waals surface area contributed by atoms with Crippen LogP contribution in [0, 0.1) is 5.92 Å². The van der Waals surface area contributed by atoms with E-state index in [9.17, 15) is 14.4 Å². The molecule has 0 bridgehead atoms. The van der Waals surface area contributed by atoms with Gasteiger partial charge >= 0.3 is 11.9 Å². The fraction of sp³-hybridized carbons (Fsp3) is 0.421. The molecule has 1 aromatic rings. The number of halogens is 2. The lowest BCUT2D eigenvalue weighted by Gasteiger charge is -2.26. The number of carboxylic acid groups (broad SMARTS) is 2. The molecular formula is C19H24BrClN2O5. The van der Waals surface area contributed by atoms with Crippen LogP contribution in [-0.2, 0) is 14.4 Å². The van der Waals surface area contributed by atoms with Crippen LogP contribution in [0.4, 0.5) is 5.69 Å². The van der Waals surface area contributed by atoms with Crippen molar-refractivity contribution in [1.82, 2.24) is 5.32 Å².